The van der Waals surface area contributed by atoms with E-state index in [1.807, 2.05) is 24.5 Å². The highest BCUT2D eigenvalue weighted by Gasteiger charge is 2.34. The van der Waals surface area contributed by atoms with E-state index in [2.05, 4.69) is 23.5 Å². The Morgan fingerprint density at radius 1 is 1.54 bits per heavy atom. The predicted molar refractivity (Wildman–Crippen MR) is 99.3 cm³/mol. The normalized spacial score (nSPS) is 22.1. The van der Waals surface area contributed by atoms with Crippen LogP contribution in [0.5, 0.6) is 0 Å². The van der Waals surface area contributed by atoms with Crippen molar-refractivity contribution in [1.82, 2.24) is 14.7 Å². The number of halogens is 1. The largest absolute Gasteiger partial charge is 0.329 e. The number of rotatable bonds is 5. The Labute approximate surface area is 146 Å². The van der Waals surface area contributed by atoms with Crippen molar-refractivity contribution in [3.8, 4) is 0 Å². The Morgan fingerprint density at radius 3 is 3.00 bits per heavy atom. The van der Waals surface area contributed by atoms with Crippen LogP contribution in [0.1, 0.15) is 39.2 Å². The molecule has 4 nitrogen and oxygen atoms in total. The Hall–Kier alpha value is -1.82. The lowest BCUT2D eigenvalue weighted by atomic mass is 10.0. The maximum Gasteiger partial charge on any atom is 0.188 e. The van der Waals surface area contributed by atoms with Gasteiger partial charge in [0, 0.05) is 28.9 Å². The molecule has 2 aliphatic rings. The van der Waals surface area contributed by atoms with Crippen molar-refractivity contribution in [2.24, 2.45) is 10.9 Å². The number of aliphatic imine (C=N–C) groups is 1. The van der Waals surface area contributed by atoms with Crippen molar-refractivity contribution >= 4 is 23.2 Å². The van der Waals surface area contributed by atoms with Crippen LogP contribution in [0.3, 0.4) is 0 Å². The van der Waals surface area contributed by atoms with E-state index in [0.29, 0.717) is 12.5 Å². The molecule has 1 aromatic rings. The van der Waals surface area contributed by atoms with E-state index in [0.717, 1.165) is 35.0 Å². The summed E-state index contributed by atoms with van der Waals surface area (Å²) in [4.78, 5) is 7.98. The highest BCUT2D eigenvalue weighted by molar-refractivity contribution is 8.06. The molecule has 0 spiro atoms. The maximum atomic E-state index is 13.5. The molecule has 1 aromatic heterocycles. The fourth-order valence-electron chi connectivity index (χ4n) is 3.13. The third kappa shape index (κ3) is 3.20. The number of nitrogens with zero attached hydrogens (tertiary/aromatic N) is 4. The molecule has 0 amide bonds. The first-order valence-corrected chi connectivity index (χ1v) is 9.10. The lowest BCUT2D eigenvalue weighted by Gasteiger charge is -2.28. The van der Waals surface area contributed by atoms with Gasteiger partial charge in [0.05, 0.1) is 12.2 Å². The molecular weight excluding hydrogens is 323 g/mol. The van der Waals surface area contributed by atoms with Gasteiger partial charge < -0.3 is 4.90 Å². The first-order chi connectivity index (χ1) is 11.5. The topological polar surface area (TPSA) is 33.4 Å². The summed E-state index contributed by atoms with van der Waals surface area (Å²) >= 11 is 1.60. The summed E-state index contributed by atoms with van der Waals surface area (Å²) < 4.78 is 14.8. The summed E-state index contributed by atoms with van der Waals surface area (Å²) in [5.41, 5.74) is 3.18. The Kier molecular flexibility index (Phi) is 4.94. The van der Waals surface area contributed by atoms with Gasteiger partial charge in [-0.2, -0.15) is 5.10 Å². The lowest BCUT2D eigenvalue weighted by molar-refractivity contribution is 0.245. The fourth-order valence-corrected chi connectivity index (χ4v) is 3.71. The maximum absolute atomic E-state index is 13.5. The van der Waals surface area contributed by atoms with Gasteiger partial charge in [0.25, 0.3) is 0 Å². The standard InChI is InChI=1S/C18H23FN4S/c1-5-8-24-13(3)18-20-10-15(17-9-12(2)11-22(17)18)16-6-7-23(21-16)14(4)19/h5-8,12,14H,3,9-11H2,1-2,4H3/b8-5-. The molecule has 0 bridgehead atoms. The van der Waals surface area contributed by atoms with Gasteiger partial charge in [0.2, 0.25) is 0 Å². The van der Waals surface area contributed by atoms with Gasteiger partial charge in [0.1, 0.15) is 5.84 Å². The summed E-state index contributed by atoms with van der Waals surface area (Å²) in [6, 6.07) is 1.88. The summed E-state index contributed by atoms with van der Waals surface area (Å²) in [7, 11) is 0. The van der Waals surface area contributed by atoms with Gasteiger partial charge in [0.15, 0.2) is 6.30 Å². The van der Waals surface area contributed by atoms with Gasteiger partial charge in [-0.1, -0.05) is 31.3 Å². The summed E-state index contributed by atoms with van der Waals surface area (Å²) in [6.07, 6.45) is 3.56. The highest BCUT2D eigenvalue weighted by atomic mass is 32.2. The van der Waals surface area contributed by atoms with Crippen molar-refractivity contribution < 1.29 is 4.39 Å². The zero-order chi connectivity index (χ0) is 17.3. The number of hydrogen-bond donors (Lipinski definition) is 0. The lowest BCUT2D eigenvalue weighted by Crippen LogP contribution is -2.32. The molecule has 0 N–H and O–H groups in total. The average molecular weight is 346 g/mol. The van der Waals surface area contributed by atoms with Crippen LogP contribution in [0, 0.1) is 5.92 Å². The SMILES string of the molecule is C=C(S/C=C\C)C1=NCC(c2ccn(C(C)F)n2)=C2CC(C)CN12. The molecule has 3 rings (SSSR count). The smallest absolute Gasteiger partial charge is 0.188 e. The van der Waals surface area contributed by atoms with E-state index >= 15 is 0 Å². The van der Waals surface area contributed by atoms with Crippen LogP contribution < -0.4 is 0 Å². The minimum atomic E-state index is -1.12. The van der Waals surface area contributed by atoms with Gasteiger partial charge in [-0.3, -0.25) is 4.99 Å². The van der Waals surface area contributed by atoms with Crippen molar-refractivity contribution in [3.05, 3.63) is 46.6 Å². The van der Waals surface area contributed by atoms with E-state index in [1.165, 1.54) is 17.3 Å². The zero-order valence-corrected chi connectivity index (χ0v) is 15.2. The molecule has 0 radical (unpaired) electrons. The van der Waals surface area contributed by atoms with Crippen LogP contribution in [0.25, 0.3) is 5.57 Å². The second-order valence-corrected chi connectivity index (χ2v) is 7.25. The minimum absolute atomic E-state index is 0.556. The molecule has 1 fully saturated rings. The number of thioether (sulfide) groups is 1. The molecule has 1 saturated heterocycles. The first-order valence-electron chi connectivity index (χ1n) is 8.22. The van der Waals surface area contributed by atoms with Gasteiger partial charge in [-0.15, -0.1) is 0 Å². The molecule has 0 saturated carbocycles. The number of amidine groups is 1. The third-order valence-electron chi connectivity index (χ3n) is 4.23. The average Bonchev–Trinajstić information content (AvgIpc) is 3.17. The summed E-state index contributed by atoms with van der Waals surface area (Å²) in [5, 5.41) is 6.41. The molecule has 2 unspecified atom stereocenters. The summed E-state index contributed by atoms with van der Waals surface area (Å²) in [5.74, 6) is 1.51. The summed E-state index contributed by atoms with van der Waals surface area (Å²) in [6.45, 7) is 11.4. The molecule has 2 atom stereocenters. The van der Waals surface area contributed by atoms with Crippen molar-refractivity contribution in [3.63, 3.8) is 0 Å². The van der Waals surface area contributed by atoms with Gasteiger partial charge in [-0.25, -0.2) is 9.07 Å². The Balaban J connectivity index is 1.91. The number of alkyl halides is 1. The van der Waals surface area contributed by atoms with E-state index in [4.69, 9.17) is 4.99 Å². The molecule has 128 valence electrons. The van der Waals surface area contributed by atoms with Crippen LogP contribution >= 0.6 is 11.8 Å². The van der Waals surface area contributed by atoms with Crippen molar-refractivity contribution in [2.75, 3.05) is 13.1 Å². The molecule has 2 aliphatic heterocycles. The molecule has 3 heterocycles. The molecule has 0 aromatic carbocycles. The first kappa shape index (κ1) is 17.0. The van der Waals surface area contributed by atoms with Crippen LogP contribution in [0.2, 0.25) is 0 Å². The second kappa shape index (κ2) is 6.97. The number of hydrogen-bond acceptors (Lipinski definition) is 4. The van der Waals surface area contributed by atoms with E-state index in [-0.39, 0.29) is 0 Å². The Morgan fingerprint density at radius 2 is 2.33 bits per heavy atom. The van der Waals surface area contributed by atoms with Gasteiger partial charge in [-0.05, 0) is 37.7 Å². The monoisotopic (exact) mass is 346 g/mol. The molecule has 6 heteroatoms. The Bertz CT molecular complexity index is 729. The molecule has 0 aliphatic carbocycles. The van der Waals surface area contributed by atoms with Crippen LogP contribution in [0.15, 0.2) is 45.9 Å². The van der Waals surface area contributed by atoms with Crippen LogP contribution in [-0.2, 0) is 0 Å². The minimum Gasteiger partial charge on any atom is -0.329 e. The fraction of sp³-hybridized carbons (Fsp3) is 0.444. The van der Waals surface area contributed by atoms with Crippen molar-refractivity contribution in [2.45, 2.75) is 33.5 Å². The third-order valence-corrected chi connectivity index (χ3v) is 5.11. The van der Waals surface area contributed by atoms with E-state index in [1.54, 1.807) is 18.0 Å². The van der Waals surface area contributed by atoms with E-state index in [9.17, 15) is 4.39 Å². The molecular formula is C18H23FN4S. The number of aromatic nitrogens is 2. The van der Waals surface area contributed by atoms with Gasteiger partial charge >= 0.3 is 0 Å². The molecule has 24 heavy (non-hydrogen) atoms. The van der Waals surface area contributed by atoms with Crippen LogP contribution in [0.4, 0.5) is 4.39 Å². The second-order valence-electron chi connectivity index (χ2n) is 6.25. The van der Waals surface area contributed by atoms with E-state index < -0.39 is 6.30 Å². The number of allylic oxidation sites excluding steroid dienone is 2. The highest BCUT2D eigenvalue weighted by Crippen LogP contribution is 2.38. The number of fused-ring (bicyclic) bond motifs is 1. The predicted octanol–water partition coefficient (Wildman–Crippen LogP) is 4.62. The van der Waals surface area contributed by atoms with Crippen molar-refractivity contribution in [1.29, 1.82) is 0 Å². The quantitative estimate of drug-likeness (QED) is 0.780. The van der Waals surface area contributed by atoms with Crippen LogP contribution in [-0.4, -0.2) is 33.6 Å². The zero-order valence-electron chi connectivity index (χ0n) is 14.4.